The number of benzene rings is 1. The van der Waals surface area contributed by atoms with Crippen LogP contribution in [0, 0.1) is 11.3 Å². The molecular weight excluding hydrogens is 312 g/mol. The lowest BCUT2D eigenvalue weighted by molar-refractivity contribution is -0.119. The van der Waals surface area contributed by atoms with Gasteiger partial charge in [0, 0.05) is 23.6 Å². The largest absolute Gasteiger partial charge is 0.477 e. The van der Waals surface area contributed by atoms with Crippen molar-refractivity contribution in [3.63, 3.8) is 0 Å². The van der Waals surface area contributed by atoms with Crippen LogP contribution in [0.2, 0.25) is 0 Å². The Morgan fingerprint density at radius 3 is 3.09 bits per heavy atom. The number of fused-ring (bicyclic) bond motifs is 1. The van der Waals surface area contributed by atoms with Crippen molar-refractivity contribution in [3.8, 4) is 22.9 Å². The molecule has 7 heteroatoms. The molecule has 2 aromatic rings. The average Bonchev–Trinajstić information content (AvgIpc) is 2.93. The van der Waals surface area contributed by atoms with Crippen molar-refractivity contribution in [1.82, 2.24) is 10.3 Å². The van der Waals surface area contributed by atoms with E-state index in [-0.39, 0.29) is 18.0 Å². The van der Waals surface area contributed by atoms with E-state index in [0.29, 0.717) is 5.75 Å². The Hall–Kier alpha value is -2.72. The van der Waals surface area contributed by atoms with Crippen LogP contribution >= 0.6 is 11.8 Å². The topological polar surface area (TPSA) is 87.0 Å². The molecule has 0 spiro atoms. The Kier molecular flexibility index (Phi) is 4.35. The number of nitriles is 1. The molecule has 0 bridgehead atoms. The molecule has 1 aliphatic rings. The highest BCUT2D eigenvalue weighted by atomic mass is 32.2. The molecule has 1 aromatic heterocycles. The van der Waals surface area contributed by atoms with E-state index < -0.39 is 0 Å². The maximum absolute atomic E-state index is 11.2. The van der Waals surface area contributed by atoms with Gasteiger partial charge in [-0.1, -0.05) is 17.8 Å². The lowest BCUT2D eigenvalue weighted by Gasteiger charge is -2.09. The first-order valence-electron chi connectivity index (χ1n) is 6.95. The van der Waals surface area contributed by atoms with Crippen LogP contribution in [-0.2, 0) is 4.79 Å². The normalized spacial score (nSPS) is 15.2. The van der Waals surface area contributed by atoms with E-state index in [4.69, 9.17) is 10.00 Å². The van der Waals surface area contributed by atoms with E-state index in [0.717, 1.165) is 21.7 Å². The van der Waals surface area contributed by atoms with E-state index in [9.17, 15) is 4.79 Å². The highest BCUT2D eigenvalue weighted by molar-refractivity contribution is 8.00. The standard InChI is InChI=1S/C16H14N4O2S/c1-10(21)19-16-20-14-3-2-11(7-15(14)23-16)12-6-13(9-18-8-12)22-5-4-17/h2-3,6-9,16,20H,5H2,1H3,(H,19,21). The van der Waals surface area contributed by atoms with Gasteiger partial charge in [-0.2, -0.15) is 5.26 Å². The number of nitrogens with zero attached hydrogens (tertiary/aromatic N) is 2. The lowest BCUT2D eigenvalue weighted by Crippen LogP contribution is -2.33. The number of hydrogen-bond acceptors (Lipinski definition) is 6. The molecule has 3 rings (SSSR count). The first-order chi connectivity index (χ1) is 11.2. The fourth-order valence-electron chi connectivity index (χ4n) is 2.24. The van der Waals surface area contributed by atoms with Gasteiger partial charge in [-0.05, 0) is 23.8 Å². The van der Waals surface area contributed by atoms with E-state index in [1.807, 2.05) is 30.3 Å². The van der Waals surface area contributed by atoms with Crippen molar-refractivity contribution in [2.75, 3.05) is 11.9 Å². The van der Waals surface area contributed by atoms with Gasteiger partial charge in [0.05, 0.1) is 11.9 Å². The van der Waals surface area contributed by atoms with Gasteiger partial charge >= 0.3 is 0 Å². The monoisotopic (exact) mass is 326 g/mol. The fourth-order valence-corrected chi connectivity index (χ4v) is 3.35. The molecule has 1 amide bonds. The summed E-state index contributed by atoms with van der Waals surface area (Å²) in [6.45, 7) is 1.49. The Balaban J connectivity index is 1.81. The van der Waals surface area contributed by atoms with Gasteiger partial charge in [0.25, 0.3) is 0 Å². The first kappa shape index (κ1) is 15.2. The quantitative estimate of drug-likeness (QED) is 0.898. The van der Waals surface area contributed by atoms with E-state index in [2.05, 4.69) is 15.6 Å². The lowest BCUT2D eigenvalue weighted by atomic mass is 10.1. The molecule has 0 aliphatic carbocycles. The van der Waals surface area contributed by atoms with Crippen LogP contribution in [0.1, 0.15) is 6.92 Å². The molecule has 23 heavy (non-hydrogen) atoms. The molecule has 6 nitrogen and oxygen atoms in total. The van der Waals surface area contributed by atoms with Gasteiger partial charge in [0.1, 0.15) is 11.8 Å². The third kappa shape index (κ3) is 3.55. The average molecular weight is 326 g/mol. The fraction of sp³-hybridized carbons (Fsp3) is 0.188. The minimum absolute atomic E-state index is 0.00646. The predicted octanol–water partition coefficient (Wildman–Crippen LogP) is 2.59. The van der Waals surface area contributed by atoms with Crippen molar-refractivity contribution in [3.05, 3.63) is 36.7 Å². The van der Waals surface area contributed by atoms with E-state index >= 15 is 0 Å². The number of amides is 1. The van der Waals surface area contributed by atoms with E-state index in [1.165, 1.54) is 6.92 Å². The maximum Gasteiger partial charge on any atom is 0.219 e. The number of aromatic nitrogens is 1. The second-order valence-electron chi connectivity index (χ2n) is 4.91. The summed E-state index contributed by atoms with van der Waals surface area (Å²) in [5, 5.41) is 14.6. The molecule has 0 radical (unpaired) electrons. The highest BCUT2D eigenvalue weighted by Crippen LogP contribution is 2.39. The summed E-state index contributed by atoms with van der Waals surface area (Å²) in [4.78, 5) is 16.4. The van der Waals surface area contributed by atoms with Crippen molar-refractivity contribution in [2.24, 2.45) is 0 Å². The number of carbonyl (C=O) groups excluding carboxylic acids is 1. The molecule has 0 saturated heterocycles. The summed E-state index contributed by atoms with van der Waals surface area (Å²) in [6.07, 6.45) is 3.33. The molecule has 1 unspecified atom stereocenters. The van der Waals surface area contributed by atoms with Gasteiger partial charge in [0.15, 0.2) is 12.1 Å². The molecule has 1 atom stereocenters. The summed E-state index contributed by atoms with van der Waals surface area (Å²) in [6, 6.07) is 9.78. The zero-order valence-electron chi connectivity index (χ0n) is 12.4. The van der Waals surface area contributed by atoms with Crippen molar-refractivity contribution in [2.45, 2.75) is 17.3 Å². The number of thioether (sulfide) groups is 1. The van der Waals surface area contributed by atoms with Crippen LogP contribution in [0.25, 0.3) is 11.1 Å². The number of hydrogen-bond donors (Lipinski definition) is 2. The predicted molar refractivity (Wildman–Crippen MR) is 87.9 cm³/mol. The zero-order chi connectivity index (χ0) is 16.2. The Morgan fingerprint density at radius 1 is 1.43 bits per heavy atom. The van der Waals surface area contributed by atoms with Gasteiger partial charge in [-0.3, -0.25) is 9.78 Å². The third-order valence-electron chi connectivity index (χ3n) is 3.20. The minimum atomic E-state index is -0.152. The molecule has 2 N–H and O–H groups in total. The molecule has 2 heterocycles. The number of nitrogens with one attached hydrogen (secondary N) is 2. The van der Waals surface area contributed by atoms with E-state index in [1.54, 1.807) is 24.2 Å². The van der Waals surface area contributed by atoms with Crippen molar-refractivity contribution in [1.29, 1.82) is 5.26 Å². The molecular formula is C16H14N4O2S. The first-order valence-corrected chi connectivity index (χ1v) is 7.83. The number of anilines is 1. The van der Waals surface area contributed by atoms with Crippen LogP contribution in [0.5, 0.6) is 5.75 Å². The Labute approximate surface area is 137 Å². The molecule has 0 saturated carbocycles. The number of carbonyl (C=O) groups is 1. The van der Waals surface area contributed by atoms with Gasteiger partial charge in [-0.25, -0.2) is 0 Å². The second kappa shape index (κ2) is 6.58. The molecule has 1 aromatic carbocycles. The highest BCUT2D eigenvalue weighted by Gasteiger charge is 2.22. The number of rotatable bonds is 4. The summed E-state index contributed by atoms with van der Waals surface area (Å²) >= 11 is 1.55. The second-order valence-corrected chi connectivity index (χ2v) is 6.06. The summed E-state index contributed by atoms with van der Waals surface area (Å²) in [5.41, 5.74) is 2.74. The Bertz CT molecular complexity index is 788. The van der Waals surface area contributed by atoms with Crippen LogP contribution in [0.3, 0.4) is 0 Å². The minimum Gasteiger partial charge on any atom is -0.477 e. The molecule has 1 aliphatic heterocycles. The van der Waals surface area contributed by atoms with Gasteiger partial charge < -0.3 is 15.4 Å². The summed E-state index contributed by atoms with van der Waals surface area (Å²) < 4.78 is 5.28. The van der Waals surface area contributed by atoms with Crippen LogP contribution in [-0.4, -0.2) is 23.0 Å². The van der Waals surface area contributed by atoms with Gasteiger partial charge in [0.2, 0.25) is 5.91 Å². The van der Waals surface area contributed by atoms with Gasteiger partial charge in [-0.15, -0.1) is 0 Å². The van der Waals surface area contributed by atoms with Crippen LogP contribution in [0.4, 0.5) is 5.69 Å². The van der Waals surface area contributed by atoms with Crippen LogP contribution < -0.4 is 15.4 Å². The SMILES string of the molecule is CC(=O)NC1Nc2ccc(-c3cncc(OCC#N)c3)cc2S1. The molecule has 0 fully saturated rings. The molecule has 116 valence electrons. The maximum atomic E-state index is 11.2. The van der Waals surface area contributed by atoms with Crippen LogP contribution in [0.15, 0.2) is 41.6 Å². The van der Waals surface area contributed by atoms with Crippen molar-refractivity contribution < 1.29 is 9.53 Å². The number of ether oxygens (including phenoxy) is 1. The smallest absolute Gasteiger partial charge is 0.219 e. The zero-order valence-corrected chi connectivity index (χ0v) is 13.2. The summed E-state index contributed by atoms with van der Waals surface area (Å²) in [7, 11) is 0. The summed E-state index contributed by atoms with van der Waals surface area (Å²) in [5.74, 6) is 0.487. The number of pyridine rings is 1. The van der Waals surface area contributed by atoms with Crippen molar-refractivity contribution >= 4 is 23.4 Å². The Morgan fingerprint density at radius 2 is 2.30 bits per heavy atom. The third-order valence-corrected chi connectivity index (χ3v) is 4.26.